The number of aromatic hydroxyl groups is 1. The number of halogens is 1. The molecule has 0 radical (unpaired) electrons. The van der Waals surface area contributed by atoms with E-state index in [0.717, 1.165) is 10.4 Å². The fraction of sp³-hybridized carbons (Fsp3) is 0. The molecular weight excluding hydrogens is 370 g/mol. The Hall–Kier alpha value is -1.42. The van der Waals surface area contributed by atoms with Gasteiger partial charge in [0.05, 0.1) is 15.8 Å². The monoisotopic (exact) mass is 377 g/mol. The van der Waals surface area contributed by atoms with Gasteiger partial charge in [0.2, 0.25) is 0 Å². The lowest BCUT2D eigenvalue weighted by Gasteiger charge is -2.19. The Morgan fingerprint density at radius 2 is 2.05 bits per heavy atom. The molecule has 6 nitrogen and oxygen atoms in total. The Kier molecular flexibility index (Phi) is 4.43. The van der Waals surface area contributed by atoms with Gasteiger partial charge in [0.25, 0.3) is 11.3 Å². The number of carboxylic acids is 1. The van der Waals surface area contributed by atoms with Crippen molar-refractivity contribution in [3.05, 3.63) is 39.0 Å². The predicted octanol–water partition coefficient (Wildman–Crippen LogP) is 3.19. The van der Waals surface area contributed by atoms with Crippen molar-refractivity contribution in [2.24, 2.45) is 0 Å². The van der Waals surface area contributed by atoms with E-state index in [-0.39, 0.29) is 11.3 Å². The van der Waals surface area contributed by atoms with Crippen molar-refractivity contribution in [3.8, 4) is 5.75 Å². The summed E-state index contributed by atoms with van der Waals surface area (Å²) in [4.78, 5) is 10.8. The topological polar surface area (TPSA) is 98.1 Å². The Labute approximate surface area is 128 Å². The van der Waals surface area contributed by atoms with Crippen LogP contribution in [-0.2, 0) is 11.3 Å². The summed E-state index contributed by atoms with van der Waals surface area (Å²) in [5, 5.41) is 21.9. The molecule has 0 aliphatic carbocycles. The van der Waals surface area contributed by atoms with Gasteiger partial charge in [0.1, 0.15) is 11.3 Å². The number of nitrogens with zero attached hydrogens (tertiary/aromatic N) is 1. The summed E-state index contributed by atoms with van der Waals surface area (Å²) in [6.45, 7) is 0. The Morgan fingerprint density at radius 1 is 1.35 bits per heavy atom. The zero-order valence-corrected chi connectivity index (χ0v) is 12.9. The van der Waals surface area contributed by atoms with Crippen molar-refractivity contribution in [1.29, 1.82) is 0 Å². The van der Waals surface area contributed by atoms with Gasteiger partial charge >= 0.3 is 5.97 Å². The first-order valence-corrected chi connectivity index (χ1v) is 7.91. The summed E-state index contributed by atoms with van der Waals surface area (Å²) < 4.78 is 22.6. The van der Waals surface area contributed by atoms with Crippen molar-refractivity contribution in [3.63, 3.8) is 0 Å². The normalized spacial score (nSPS) is 12.1. The van der Waals surface area contributed by atoms with Crippen LogP contribution >= 0.6 is 27.3 Å². The first-order chi connectivity index (χ1) is 9.41. The minimum Gasteiger partial charge on any atom is -0.507 e. The van der Waals surface area contributed by atoms with Crippen LogP contribution in [0.4, 0.5) is 11.4 Å². The number of hydrogen-bond acceptors (Lipinski definition) is 4. The molecule has 1 aromatic carbocycles. The molecule has 9 heteroatoms. The highest BCUT2D eigenvalue weighted by Crippen LogP contribution is 2.37. The van der Waals surface area contributed by atoms with Crippen molar-refractivity contribution in [2.75, 3.05) is 4.31 Å². The van der Waals surface area contributed by atoms with Gasteiger partial charge in [0, 0.05) is 16.8 Å². The number of thiophene rings is 1. The molecule has 1 atom stereocenters. The second-order valence-electron chi connectivity index (χ2n) is 3.64. The molecule has 0 fully saturated rings. The van der Waals surface area contributed by atoms with E-state index in [1.54, 1.807) is 10.8 Å². The third-order valence-electron chi connectivity index (χ3n) is 2.42. The van der Waals surface area contributed by atoms with E-state index >= 15 is 0 Å². The van der Waals surface area contributed by atoms with Crippen LogP contribution in [0.3, 0.4) is 0 Å². The maximum absolute atomic E-state index is 11.5. The first-order valence-electron chi connectivity index (χ1n) is 5.11. The van der Waals surface area contributed by atoms with E-state index in [4.69, 9.17) is 5.11 Å². The standard InChI is InChI=1S/C11H8BrNO5S2/c12-8-4-19-5-9(8)13(20(17)18)6-1-2-7(11(15)16)10(14)3-6/h1-5,14H,(H,15,16)(H,17,18). The lowest BCUT2D eigenvalue weighted by molar-refractivity contribution is 0.0694. The van der Waals surface area contributed by atoms with Gasteiger partial charge in [-0.1, -0.05) is 0 Å². The molecule has 0 saturated carbocycles. The molecule has 1 heterocycles. The lowest BCUT2D eigenvalue weighted by atomic mass is 10.2. The van der Waals surface area contributed by atoms with Gasteiger partial charge in [0.15, 0.2) is 0 Å². The maximum Gasteiger partial charge on any atom is 0.339 e. The van der Waals surface area contributed by atoms with E-state index < -0.39 is 23.0 Å². The third-order valence-corrected chi connectivity index (χ3v) is 4.81. The number of benzene rings is 1. The highest BCUT2D eigenvalue weighted by Gasteiger charge is 2.20. The molecule has 0 amide bonds. The minimum atomic E-state index is -2.37. The van der Waals surface area contributed by atoms with Crippen LogP contribution in [0, 0.1) is 0 Å². The largest absolute Gasteiger partial charge is 0.507 e. The van der Waals surface area contributed by atoms with Crippen LogP contribution in [0.1, 0.15) is 10.4 Å². The summed E-state index contributed by atoms with van der Waals surface area (Å²) in [6, 6.07) is 3.65. The molecule has 1 aromatic heterocycles. The number of carboxylic acid groups (broad SMARTS) is 1. The van der Waals surface area contributed by atoms with Crippen molar-refractivity contribution < 1.29 is 23.8 Å². The van der Waals surface area contributed by atoms with E-state index in [0.29, 0.717) is 10.2 Å². The highest BCUT2D eigenvalue weighted by molar-refractivity contribution is 9.10. The molecule has 3 N–H and O–H groups in total. The summed E-state index contributed by atoms with van der Waals surface area (Å²) >= 11 is 2.22. The summed E-state index contributed by atoms with van der Waals surface area (Å²) in [5.74, 6) is -1.75. The van der Waals surface area contributed by atoms with Crippen molar-refractivity contribution in [2.45, 2.75) is 0 Å². The summed E-state index contributed by atoms with van der Waals surface area (Å²) in [7, 11) is 0. The number of rotatable bonds is 4. The van der Waals surface area contributed by atoms with Crippen molar-refractivity contribution >= 4 is 55.9 Å². The lowest BCUT2D eigenvalue weighted by Crippen LogP contribution is -2.19. The molecule has 0 bridgehead atoms. The van der Waals surface area contributed by atoms with Gasteiger partial charge in [-0.05, 0) is 28.1 Å². The highest BCUT2D eigenvalue weighted by atomic mass is 79.9. The minimum absolute atomic E-state index is 0.201. The van der Waals surface area contributed by atoms with Crippen molar-refractivity contribution in [1.82, 2.24) is 0 Å². The zero-order chi connectivity index (χ0) is 14.9. The molecule has 1 unspecified atom stereocenters. The molecule has 0 saturated heterocycles. The summed E-state index contributed by atoms with van der Waals surface area (Å²) in [6.07, 6.45) is 0. The molecule has 0 aliphatic heterocycles. The number of phenols is 1. The van der Waals surface area contributed by atoms with Crippen LogP contribution in [0.5, 0.6) is 5.75 Å². The second-order valence-corrected chi connectivity index (χ2v) is 6.06. The second kappa shape index (κ2) is 5.92. The van der Waals surface area contributed by atoms with E-state index in [1.807, 2.05) is 0 Å². The van der Waals surface area contributed by atoms with Crippen LogP contribution in [0.25, 0.3) is 0 Å². The van der Waals surface area contributed by atoms with Crippen LogP contribution in [-0.4, -0.2) is 24.9 Å². The summed E-state index contributed by atoms with van der Waals surface area (Å²) in [5.41, 5.74) is 0.368. The average Bonchev–Trinajstić information content (AvgIpc) is 2.75. The Balaban J connectivity index is 2.52. The Bertz CT molecular complexity index is 687. The predicted molar refractivity (Wildman–Crippen MR) is 80.0 cm³/mol. The van der Waals surface area contributed by atoms with Gasteiger partial charge in [-0.2, -0.15) is 0 Å². The average molecular weight is 378 g/mol. The van der Waals surface area contributed by atoms with E-state index in [9.17, 15) is 18.7 Å². The molecule has 0 spiro atoms. The number of carbonyl (C=O) groups is 1. The fourth-order valence-electron chi connectivity index (χ4n) is 1.56. The van der Waals surface area contributed by atoms with E-state index in [1.165, 1.54) is 23.5 Å². The van der Waals surface area contributed by atoms with Crippen LogP contribution < -0.4 is 4.31 Å². The SMILES string of the molecule is O=C(O)c1ccc(N(c2cscc2Br)S(=O)O)cc1O. The number of hydrogen-bond donors (Lipinski definition) is 3. The molecule has 20 heavy (non-hydrogen) atoms. The smallest absolute Gasteiger partial charge is 0.339 e. The van der Waals surface area contributed by atoms with E-state index in [2.05, 4.69) is 15.9 Å². The molecule has 0 aliphatic rings. The van der Waals surface area contributed by atoms with Gasteiger partial charge in [-0.25, -0.2) is 13.3 Å². The van der Waals surface area contributed by atoms with Crippen LogP contribution in [0.2, 0.25) is 0 Å². The Morgan fingerprint density at radius 3 is 2.50 bits per heavy atom. The quantitative estimate of drug-likeness (QED) is 0.710. The fourth-order valence-corrected chi connectivity index (χ4v) is 3.79. The first kappa shape index (κ1) is 15.0. The number of aromatic carboxylic acids is 1. The molecule has 2 rings (SSSR count). The molecule has 106 valence electrons. The van der Waals surface area contributed by atoms with Gasteiger partial charge in [-0.3, -0.25) is 4.55 Å². The maximum atomic E-state index is 11.5. The van der Waals surface area contributed by atoms with Gasteiger partial charge < -0.3 is 10.2 Å². The van der Waals surface area contributed by atoms with Crippen LogP contribution in [0.15, 0.2) is 33.4 Å². The zero-order valence-electron chi connectivity index (χ0n) is 9.69. The molecular formula is C11H8BrNO5S2. The number of anilines is 2. The molecule has 2 aromatic rings. The van der Waals surface area contributed by atoms with Gasteiger partial charge in [-0.15, -0.1) is 11.3 Å². The third kappa shape index (κ3) is 2.85.